The average molecular weight is 395 g/mol. The van der Waals surface area contributed by atoms with Gasteiger partial charge in [0.05, 0.1) is 23.1 Å². The van der Waals surface area contributed by atoms with Gasteiger partial charge in [0.2, 0.25) is 5.65 Å². The Morgan fingerprint density at radius 2 is 1.86 bits per heavy atom. The van der Waals surface area contributed by atoms with Crippen LogP contribution in [0.2, 0.25) is 0 Å². The van der Waals surface area contributed by atoms with Gasteiger partial charge in [-0.3, -0.25) is 0 Å². The number of benzene rings is 2. The molecule has 6 nitrogen and oxygen atoms in total. The van der Waals surface area contributed by atoms with E-state index in [9.17, 15) is 26.7 Å². The number of halogens is 5. The first-order valence-corrected chi connectivity index (χ1v) is 7.85. The zero-order valence-electron chi connectivity index (χ0n) is 13.8. The Morgan fingerprint density at radius 3 is 2.57 bits per heavy atom. The SMILES string of the molecule is Nc1nc2ccc(F)cc2n2c(=O)n(Cc3c(F)cccc3C(F)(F)F)nc12. The smallest absolute Gasteiger partial charge is 0.381 e. The van der Waals surface area contributed by atoms with Crippen molar-refractivity contribution in [3.05, 3.63) is 69.6 Å². The number of nitrogens with two attached hydrogens (primary N) is 1. The first-order valence-electron chi connectivity index (χ1n) is 7.85. The van der Waals surface area contributed by atoms with Crippen molar-refractivity contribution in [3.8, 4) is 0 Å². The average Bonchev–Trinajstić information content (AvgIpc) is 2.94. The molecule has 4 rings (SSSR count). The molecule has 4 aromatic rings. The van der Waals surface area contributed by atoms with Crippen molar-refractivity contribution in [1.29, 1.82) is 0 Å². The monoisotopic (exact) mass is 395 g/mol. The van der Waals surface area contributed by atoms with Crippen LogP contribution in [-0.4, -0.2) is 19.2 Å². The van der Waals surface area contributed by atoms with E-state index >= 15 is 0 Å². The summed E-state index contributed by atoms with van der Waals surface area (Å²) in [4.78, 5) is 16.7. The van der Waals surface area contributed by atoms with Crippen LogP contribution in [0.3, 0.4) is 0 Å². The fourth-order valence-corrected chi connectivity index (χ4v) is 2.98. The van der Waals surface area contributed by atoms with Crippen LogP contribution in [0.25, 0.3) is 16.7 Å². The lowest BCUT2D eigenvalue weighted by atomic mass is 10.1. The zero-order chi connectivity index (χ0) is 20.2. The molecule has 2 heterocycles. The van der Waals surface area contributed by atoms with Crippen LogP contribution in [0.5, 0.6) is 0 Å². The summed E-state index contributed by atoms with van der Waals surface area (Å²) < 4.78 is 68.9. The van der Waals surface area contributed by atoms with Gasteiger partial charge in [-0.15, -0.1) is 5.10 Å². The highest BCUT2D eigenvalue weighted by Crippen LogP contribution is 2.33. The lowest BCUT2D eigenvalue weighted by Gasteiger charge is -2.13. The van der Waals surface area contributed by atoms with Crippen molar-refractivity contribution in [1.82, 2.24) is 19.2 Å². The second-order valence-corrected chi connectivity index (χ2v) is 5.99. The van der Waals surface area contributed by atoms with Crippen LogP contribution in [-0.2, 0) is 12.7 Å². The third-order valence-electron chi connectivity index (χ3n) is 4.22. The van der Waals surface area contributed by atoms with E-state index in [2.05, 4.69) is 10.1 Å². The van der Waals surface area contributed by atoms with Crippen LogP contribution in [0.1, 0.15) is 11.1 Å². The lowest BCUT2D eigenvalue weighted by molar-refractivity contribution is -0.138. The second kappa shape index (κ2) is 6.01. The summed E-state index contributed by atoms with van der Waals surface area (Å²) in [5, 5.41) is 3.87. The maximum absolute atomic E-state index is 14.1. The number of fused-ring (bicyclic) bond motifs is 3. The number of hydrogen-bond acceptors (Lipinski definition) is 4. The van der Waals surface area contributed by atoms with E-state index in [1.165, 1.54) is 6.07 Å². The Bertz CT molecular complexity index is 1290. The molecule has 0 saturated carbocycles. The highest BCUT2D eigenvalue weighted by atomic mass is 19.4. The van der Waals surface area contributed by atoms with Crippen LogP contribution in [0.4, 0.5) is 27.8 Å². The molecule has 2 N–H and O–H groups in total. The van der Waals surface area contributed by atoms with Gasteiger partial charge in [0.25, 0.3) is 0 Å². The Balaban J connectivity index is 1.97. The van der Waals surface area contributed by atoms with Crippen LogP contribution in [0.15, 0.2) is 41.2 Å². The first kappa shape index (κ1) is 17.9. The molecule has 0 bridgehead atoms. The van der Waals surface area contributed by atoms with Gasteiger partial charge in [-0.1, -0.05) is 6.07 Å². The van der Waals surface area contributed by atoms with E-state index in [0.29, 0.717) is 10.7 Å². The summed E-state index contributed by atoms with van der Waals surface area (Å²) in [5.41, 5.74) is 2.94. The highest BCUT2D eigenvalue weighted by molar-refractivity contribution is 5.81. The number of anilines is 1. The normalized spacial score (nSPS) is 12.2. The minimum atomic E-state index is -4.82. The van der Waals surface area contributed by atoms with Crippen molar-refractivity contribution < 1.29 is 22.0 Å². The minimum Gasteiger partial charge on any atom is -0.381 e. The molecular formula is C17H10F5N5O. The zero-order valence-corrected chi connectivity index (χ0v) is 13.8. The van der Waals surface area contributed by atoms with Gasteiger partial charge in [-0.2, -0.15) is 13.2 Å². The summed E-state index contributed by atoms with van der Waals surface area (Å²) in [6.07, 6.45) is -4.82. The maximum Gasteiger partial charge on any atom is 0.416 e. The quantitative estimate of drug-likeness (QED) is 0.530. The van der Waals surface area contributed by atoms with E-state index in [1.807, 2.05) is 0 Å². The Labute approximate surface area is 152 Å². The molecular weight excluding hydrogens is 385 g/mol. The van der Waals surface area contributed by atoms with Crippen LogP contribution in [0, 0.1) is 11.6 Å². The Morgan fingerprint density at radius 1 is 1.11 bits per heavy atom. The first-order chi connectivity index (χ1) is 13.2. The van der Waals surface area contributed by atoms with Crippen molar-refractivity contribution in [3.63, 3.8) is 0 Å². The van der Waals surface area contributed by atoms with Gasteiger partial charge >= 0.3 is 11.9 Å². The molecule has 144 valence electrons. The molecule has 0 aliphatic rings. The van der Waals surface area contributed by atoms with E-state index in [4.69, 9.17) is 5.73 Å². The summed E-state index contributed by atoms with van der Waals surface area (Å²) >= 11 is 0. The molecule has 2 aromatic carbocycles. The van der Waals surface area contributed by atoms with Crippen molar-refractivity contribution in [2.45, 2.75) is 12.7 Å². The fraction of sp³-hybridized carbons (Fsp3) is 0.118. The van der Waals surface area contributed by atoms with Crippen LogP contribution >= 0.6 is 0 Å². The molecule has 0 unspecified atom stereocenters. The molecule has 0 amide bonds. The van der Waals surface area contributed by atoms with E-state index in [1.54, 1.807) is 0 Å². The van der Waals surface area contributed by atoms with Gasteiger partial charge in [0, 0.05) is 11.6 Å². The summed E-state index contributed by atoms with van der Waals surface area (Å²) in [7, 11) is 0. The van der Waals surface area contributed by atoms with Crippen molar-refractivity contribution >= 4 is 22.5 Å². The van der Waals surface area contributed by atoms with Crippen molar-refractivity contribution in [2.24, 2.45) is 0 Å². The molecule has 0 atom stereocenters. The number of rotatable bonds is 2. The second-order valence-electron chi connectivity index (χ2n) is 5.99. The van der Waals surface area contributed by atoms with Gasteiger partial charge in [0.15, 0.2) is 5.82 Å². The van der Waals surface area contributed by atoms with E-state index in [-0.39, 0.29) is 22.5 Å². The molecule has 28 heavy (non-hydrogen) atoms. The number of nitrogens with zero attached hydrogens (tertiary/aromatic N) is 4. The highest BCUT2D eigenvalue weighted by Gasteiger charge is 2.34. The molecule has 0 radical (unpaired) electrons. The lowest BCUT2D eigenvalue weighted by Crippen LogP contribution is -2.24. The molecule has 2 aromatic heterocycles. The Hall–Kier alpha value is -3.50. The third-order valence-corrected chi connectivity index (χ3v) is 4.22. The molecule has 11 heteroatoms. The van der Waals surface area contributed by atoms with E-state index in [0.717, 1.165) is 28.7 Å². The maximum atomic E-state index is 14.1. The largest absolute Gasteiger partial charge is 0.416 e. The number of nitrogen functional groups attached to an aromatic ring is 1. The van der Waals surface area contributed by atoms with Gasteiger partial charge < -0.3 is 5.73 Å². The third kappa shape index (κ3) is 2.75. The predicted molar refractivity (Wildman–Crippen MR) is 89.6 cm³/mol. The summed E-state index contributed by atoms with van der Waals surface area (Å²) in [6, 6.07) is 5.92. The molecule has 0 saturated heterocycles. The number of hydrogen-bond donors (Lipinski definition) is 1. The van der Waals surface area contributed by atoms with Crippen molar-refractivity contribution in [2.75, 3.05) is 5.73 Å². The number of alkyl halides is 3. The molecule has 0 aliphatic carbocycles. The van der Waals surface area contributed by atoms with Gasteiger partial charge in [-0.05, 0) is 24.3 Å². The summed E-state index contributed by atoms with van der Waals surface area (Å²) in [5.74, 6) is -1.98. The van der Waals surface area contributed by atoms with Crippen LogP contribution < -0.4 is 11.4 Å². The molecule has 0 fully saturated rings. The van der Waals surface area contributed by atoms with E-state index < -0.39 is 41.2 Å². The summed E-state index contributed by atoms with van der Waals surface area (Å²) in [6.45, 7) is -0.793. The topological polar surface area (TPSA) is 78.2 Å². The Kier molecular flexibility index (Phi) is 3.84. The molecule has 0 aliphatic heterocycles. The predicted octanol–water partition coefficient (Wildman–Crippen LogP) is 2.97. The van der Waals surface area contributed by atoms with Gasteiger partial charge in [0.1, 0.15) is 11.6 Å². The number of aromatic nitrogens is 4. The minimum absolute atomic E-state index is 0.0324. The molecule has 0 spiro atoms. The standard InChI is InChI=1S/C17H10F5N5O/c18-8-4-5-12-13(6-8)27-15(14(23)24-12)25-26(16(27)28)7-9-10(17(20,21)22)2-1-3-11(9)19/h1-6H,7H2,(H2,23,24). The van der Waals surface area contributed by atoms with Gasteiger partial charge in [-0.25, -0.2) is 27.6 Å². The fourth-order valence-electron chi connectivity index (χ4n) is 2.98.